The number of hydrogen-bond donors (Lipinski definition) is 1. The van der Waals surface area contributed by atoms with Gasteiger partial charge in [-0.1, -0.05) is 22.9 Å². The van der Waals surface area contributed by atoms with Gasteiger partial charge in [0.2, 0.25) is 0 Å². The van der Waals surface area contributed by atoms with Crippen LogP contribution in [0, 0.1) is 6.92 Å². The second-order valence-corrected chi connectivity index (χ2v) is 7.73. The van der Waals surface area contributed by atoms with Crippen LogP contribution in [0.4, 0.5) is 0 Å². The molecule has 2 aromatic rings. The first-order valence-electron chi connectivity index (χ1n) is 7.49. The quantitative estimate of drug-likeness (QED) is 0.533. The molecule has 0 saturated carbocycles. The van der Waals surface area contributed by atoms with Gasteiger partial charge in [0.15, 0.2) is 6.29 Å². The fourth-order valence-corrected chi connectivity index (χ4v) is 3.71. The Labute approximate surface area is 155 Å². The largest absolute Gasteiger partial charge is 0.495 e. The number of ether oxygens (including phenoxy) is 2. The molecule has 0 bridgehead atoms. The first-order valence-corrected chi connectivity index (χ1v) is 9.69. The molecule has 0 radical (unpaired) electrons. The van der Waals surface area contributed by atoms with E-state index in [2.05, 4.69) is 15.9 Å². The summed E-state index contributed by atoms with van der Waals surface area (Å²) in [5.74, 6) is 0.579. The Morgan fingerprint density at radius 2 is 1.84 bits per heavy atom. The molecule has 0 heterocycles. The smallest absolute Gasteiger partial charge is 0.342 e. The molecule has 1 atom stereocenters. The Balaban J connectivity index is 2.36. The molecule has 0 saturated heterocycles. The number of benzene rings is 2. The normalized spacial score (nSPS) is 12.5. The van der Waals surface area contributed by atoms with Crippen LogP contribution in [0.15, 0.2) is 45.8 Å². The molecule has 0 aliphatic heterocycles. The van der Waals surface area contributed by atoms with E-state index in [9.17, 15) is 13.5 Å². The van der Waals surface area contributed by atoms with Crippen LogP contribution in [0.2, 0.25) is 0 Å². The molecule has 0 aliphatic rings. The molecule has 0 aromatic heterocycles. The van der Waals surface area contributed by atoms with E-state index in [1.165, 1.54) is 25.3 Å². The maximum Gasteiger partial charge on any atom is 0.342 e. The summed E-state index contributed by atoms with van der Waals surface area (Å²) in [7, 11) is -2.74. The third kappa shape index (κ3) is 5.10. The highest BCUT2D eigenvalue weighted by Crippen LogP contribution is 2.31. The number of rotatable bonds is 7. The highest BCUT2D eigenvalue weighted by molar-refractivity contribution is 9.10. The molecule has 2 rings (SSSR count). The van der Waals surface area contributed by atoms with Crippen molar-refractivity contribution >= 4 is 26.0 Å². The molecule has 1 unspecified atom stereocenters. The molecule has 8 heteroatoms. The van der Waals surface area contributed by atoms with E-state index in [1.807, 2.05) is 0 Å². The number of aryl methyl sites for hydroxylation is 1. The van der Waals surface area contributed by atoms with Gasteiger partial charge in [-0.2, -0.15) is 8.42 Å². The van der Waals surface area contributed by atoms with Crippen molar-refractivity contribution in [3.05, 3.63) is 46.4 Å². The van der Waals surface area contributed by atoms with E-state index >= 15 is 0 Å². The summed E-state index contributed by atoms with van der Waals surface area (Å²) in [6.07, 6.45) is -0.575. The monoisotopic (exact) mass is 430 g/mol. The second kappa shape index (κ2) is 8.07. The molecule has 0 aliphatic carbocycles. The minimum absolute atomic E-state index is 0.0836. The SMILES string of the molecule is CCC(O)Oc1cc(C)cc(OS(=O)(=O)c2cc(Br)ccc2OC)c1. The van der Waals surface area contributed by atoms with Crippen molar-refractivity contribution in [3.63, 3.8) is 0 Å². The van der Waals surface area contributed by atoms with E-state index < -0.39 is 16.4 Å². The standard InChI is InChI=1S/C17H19BrO6S/c1-4-17(19)23-13-7-11(2)8-14(10-13)24-25(20,21)16-9-12(18)5-6-15(16)22-3/h5-10,17,19H,4H2,1-3H3. The first kappa shape index (κ1) is 19.6. The summed E-state index contributed by atoms with van der Waals surface area (Å²) >= 11 is 3.24. The van der Waals surface area contributed by atoms with Gasteiger partial charge < -0.3 is 18.8 Å². The van der Waals surface area contributed by atoms with Crippen LogP contribution >= 0.6 is 15.9 Å². The molecular formula is C17H19BrO6S. The van der Waals surface area contributed by atoms with Crippen molar-refractivity contribution < 1.29 is 27.2 Å². The van der Waals surface area contributed by atoms with Gasteiger partial charge in [0.1, 0.15) is 22.1 Å². The lowest BCUT2D eigenvalue weighted by molar-refractivity contribution is -0.0192. The summed E-state index contributed by atoms with van der Waals surface area (Å²) in [6.45, 7) is 3.53. The Hall–Kier alpha value is -1.77. The van der Waals surface area contributed by atoms with E-state index in [1.54, 1.807) is 32.0 Å². The molecule has 0 fully saturated rings. The molecular weight excluding hydrogens is 412 g/mol. The highest BCUT2D eigenvalue weighted by atomic mass is 79.9. The Morgan fingerprint density at radius 1 is 1.16 bits per heavy atom. The number of aliphatic hydroxyl groups is 1. The van der Waals surface area contributed by atoms with Crippen LogP contribution in [0.1, 0.15) is 18.9 Å². The van der Waals surface area contributed by atoms with Crippen molar-refractivity contribution in [2.24, 2.45) is 0 Å². The average Bonchev–Trinajstić information content (AvgIpc) is 2.53. The summed E-state index contributed by atoms with van der Waals surface area (Å²) in [5.41, 5.74) is 0.729. The van der Waals surface area contributed by atoms with Crippen molar-refractivity contribution in [1.29, 1.82) is 0 Å². The van der Waals surface area contributed by atoms with E-state index in [0.717, 1.165) is 5.56 Å². The van der Waals surface area contributed by atoms with Crippen molar-refractivity contribution in [2.75, 3.05) is 7.11 Å². The fraction of sp³-hybridized carbons (Fsp3) is 0.294. The average molecular weight is 431 g/mol. The predicted molar refractivity (Wildman–Crippen MR) is 96.6 cm³/mol. The number of aliphatic hydroxyl groups excluding tert-OH is 1. The van der Waals surface area contributed by atoms with E-state index in [0.29, 0.717) is 16.6 Å². The highest BCUT2D eigenvalue weighted by Gasteiger charge is 2.23. The van der Waals surface area contributed by atoms with Crippen LogP contribution in [-0.4, -0.2) is 26.9 Å². The number of halogens is 1. The van der Waals surface area contributed by atoms with Crippen LogP contribution < -0.4 is 13.7 Å². The van der Waals surface area contributed by atoms with Crippen LogP contribution in [-0.2, 0) is 10.1 Å². The van der Waals surface area contributed by atoms with Gasteiger partial charge in [0.25, 0.3) is 0 Å². The summed E-state index contributed by atoms with van der Waals surface area (Å²) < 4.78 is 41.5. The lowest BCUT2D eigenvalue weighted by Crippen LogP contribution is -2.14. The third-order valence-corrected chi connectivity index (χ3v) is 5.01. The molecule has 0 amide bonds. The maximum absolute atomic E-state index is 12.6. The van der Waals surface area contributed by atoms with Gasteiger partial charge >= 0.3 is 10.1 Å². The zero-order valence-corrected chi connectivity index (χ0v) is 16.4. The summed E-state index contributed by atoms with van der Waals surface area (Å²) in [6, 6.07) is 9.26. The number of methoxy groups -OCH3 is 1. The van der Waals surface area contributed by atoms with E-state index in [4.69, 9.17) is 13.7 Å². The van der Waals surface area contributed by atoms with Gasteiger partial charge in [0.05, 0.1) is 7.11 Å². The molecule has 2 aromatic carbocycles. The Kier molecular flexibility index (Phi) is 6.31. The van der Waals surface area contributed by atoms with Gasteiger partial charge in [-0.3, -0.25) is 0 Å². The third-order valence-electron chi connectivity index (χ3n) is 3.25. The summed E-state index contributed by atoms with van der Waals surface area (Å²) in [4.78, 5) is -0.0954. The summed E-state index contributed by atoms with van der Waals surface area (Å²) in [5, 5.41) is 9.60. The van der Waals surface area contributed by atoms with Gasteiger partial charge in [-0.15, -0.1) is 0 Å². The van der Waals surface area contributed by atoms with Gasteiger partial charge in [0, 0.05) is 17.0 Å². The Bertz CT molecular complexity index is 850. The van der Waals surface area contributed by atoms with Crippen molar-refractivity contribution in [1.82, 2.24) is 0 Å². The molecule has 1 N–H and O–H groups in total. The zero-order chi connectivity index (χ0) is 18.6. The number of hydrogen-bond acceptors (Lipinski definition) is 6. The van der Waals surface area contributed by atoms with Crippen LogP contribution in [0.3, 0.4) is 0 Å². The molecule has 136 valence electrons. The van der Waals surface area contributed by atoms with Crippen LogP contribution in [0.5, 0.6) is 17.2 Å². The van der Waals surface area contributed by atoms with E-state index in [-0.39, 0.29) is 16.4 Å². The van der Waals surface area contributed by atoms with Crippen molar-refractivity contribution in [2.45, 2.75) is 31.5 Å². The fourth-order valence-electron chi connectivity index (χ4n) is 2.09. The topological polar surface area (TPSA) is 82.1 Å². The second-order valence-electron chi connectivity index (χ2n) is 5.30. The van der Waals surface area contributed by atoms with Crippen molar-refractivity contribution in [3.8, 4) is 17.2 Å². The lowest BCUT2D eigenvalue weighted by atomic mass is 10.2. The minimum Gasteiger partial charge on any atom is -0.495 e. The van der Waals surface area contributed by atoms with Gasteiger partial charge in [-0.05, 0) is 42.8 Å². The lowest BCUT2D eigenvalue weighted by Gasteiger charge is -2.14. The maximum atomic E-state index is 12.6. The molecule has 25 heavy (non-hydrogen) atoms. The minimum atomic E-state index is -4.12. The predicted octanol–water partition coefficient (Wildman–Crippen LogP) is 3.64. The Morgan fingerprint density at radius 3 is 2.48 bits per heavy atom. The molecule has 6 nitrogen and oxygen atoms in total. The van der Waals surface area contributed by atoms with Gasteiger partial charge in [-0.25, -0.2) is 0 Å². The van der Waals surface area contributed by atoms with Crippen LogP contribution in [0.25, 0.3) is 0 Å². The molecule has 0 spiro atoms. The first-order chi connectivity index (χ1) is 11.7. The zero-order valence-electron chi connectivity index (χ0n) is 14.0.